The first kappa shape index (κ1) is 15.9. The molecule has 0 radical (unpaired) electrons. The lowest BCUT2D eigenvalue weighted by atomic mass is 10.0. The van der Waals surface area contributed by atoms with Gasteiger partial charge in [0.25, 0.3) is 0 Å². The monoisotopic (exact) mass is 284 g/mol. The van der Waals surface area contributed by atoms with Crippen molar-refractivity contribution in [3.8, 4) is 0 Å². The summed E-state index contributed by atoms with van der Waals surface area (Å²) < 4.78 is 4.77. The van der Waals surface area contributed by atoms with Crippen LogP contribution in [0.25, 0.3) is 0 Å². The van der Waals surface area contributed by atoms with Crippen molar-refractivity contribution in [3.63, 3.8) is 0 Å². The van der Waals surface area contributed by atoms with Crippen molar-refractivity contribution in [1.29, 1.82) is 0 Å². The van der Waals surface area contributed by atoms with Crippen molar-refractivity contribution in [1.82, 2.24) is 20.8 Å². The second kappa shape index (κ2) is 8.13. The molecule has 0 aliphatic rings. The van der Waals surface area contributed by atoms with Crippen LogP contribution in [0.5, 0.6) is 0 Å². The van der Waals surface area contributed by atoms with Gasteiger partial charge in [0.1, 0.15) is 0 Å². The molecule has 0 bridgehead atoms. The molecule has 112 valence electrons. The van der Waals surface area contributed by atoms with Gasteiger partial charge in [-0.2, -0.15) is 4.98 Å². The summed E-state index contributed by atoms with van der Waals surface area (Å²) in [5.74, 6) is 0.339. The second-order valence-electron chi connectivity index (χ2n) is 4.67. The number of nitrogens with one attached hydrogen (secondary N) is 2. The molecule has 0 spiro atoms. The normalized spacial score (nSPS) is 11.9. The van der Waals surface area contributed by atoms with Crippen LogP contribution in [0.1, 0.15) is 37.9 Å². The highest BCUT2D eigenvalue weighted by molar-refractivity contribution is 5.73. The van der Waals surface area contributed by atoms with Crippen molar-refractivity contribution in [2.45, 2.75) is 39.7 Å². The van der Waals surface area contributed by atoms with Gasteiger partial charge in [0, 0.05) is 19.9 Å². The number of carbonyl (C=O) groups excluding carboxylic acids is 1. The molecule has 0 aliphatic heterocycles. The van der Waals surface area contributed by atoms with E-state index in [1.807, 2.05) is 6.92 Å². The van der Waals surface area contributed by atoms with Crippen molar-refractivity contribution in [3.05, 3.63) is 11.7 Å². The van der Waals surface area contributed by atoms with Crippen LogP contribution in [0.4, 0.5) is 4.79 Å². The first-order chi connectivity index (χ1) is 9.47. The van der Waals surface area contributed by atoms with Crippen molar-refractivity contribution < 1.29 is 19.2 Å². The molecule has 1 atom stereocenters. The van der Waals surface area contributed by atoms with Gasteiger partial charge in [-0.05, 0) is 18.8 Å². The Kier molecular flexibility index (Phi) is 6.48. The van der Waals surface area contributed by atoms with Gasteiger partial charge in [-0.15, -0.1) is 0 Å². The number of carboxylic acids is 1. The van der Waals surface area contributed by atoms with Crippen molar-refractivity contribution in [2.75, 3.05) is 6.54 Å². The zero-order chi connectivity index (χ0) is 15.0. The van der Waals surface area contributed by atoms with Gasteiger partial charge in [0.15, 0.2) is 5.82 Å². The molecule has 1 rings (SSSR count). The summed E-state index contributed by atoms with van der Waals surface area (Å²) in [6.07, 6.45) is 1.51. The topological polar surface area (TPSA) is 117 Å². The lowest BCUT2D eigenvalue weighted by molar-refractivity contribution is -0.137. The standard InChI is InChI=1S/C12H20N4O4/c1-8(3-4-11(17)18)5-6-13-12(19)14-7-10-15-9(2)20-16-10/h8H,3-7H2,1-2H3,(H,17,18)(H2,13,14,19). The molecule has 3 N–H and O–H groups in total. The van der Waals surface area contributed by atoms with Crippen molar-refractivity contribution in [2.24, 2.45) is 5.92 Å². The number of hydrogen-bond acceptors (Lipinski definition) is 5. The van der Waals surface area contributed by atoms with Gasteiger partial charge < -0.3 is 20.3 Å². The van der Waals surface area contributed by atoms with Crippen LogP contribution in [0, 0.1) is 12.8 Å². The minimum Gasteiger partial charge on any atom is -0.481 e. The molecule has 20 heavy (non-hydrogen) atoms. The smallest absolute Gasteiger partial charge is 0.315 e. The van der Waals surface area contributed by atoms with E-state index in [0.29, 0.717) is 24.7 Å². The van der Waals surface area contributed by atoms with Crippen LogP contribution < -0.4 is 10.6 Å². The summed E-state index contributed by atoms with van der Waals surface area (Å²) in [6, 6.07) is -0.308. The molecule has 1 unspecified atom stereocenters. The fourth-order valence-electron chi connectivity index (χ4n) is 1.58. The number of aryl methyl sites for hydroxylation is 1. The van der Waals surface area contributed by atoms with Crippen LogP contribution >= 0.6 is 0 Å². The first-order valence-corrected chi connectivity index (χ1v) is 6.50. The Morgan fingerprint density at radius 1 is 1.35 bits per heavy atom. The minimum atomic E-state index is -0.794. The van der Waals surface area contributed by atoms with E-state index in [4.69, 9.17) is 9.63 Å². The Balaban J connectivity index is 2.09. The predicted octanol–water partition coefficient (Wildman–Crippen LogP) is 1.07. The zero-order valence-electron chi connectivity index (χ0n) is 11.7. The molecule has 1 aromatic rings. The highest BCUT2D eigenvalue weighted by Crippen LogP contribution is 2.08. The fraction of sp³-hybridized carbons (Fsp3) is 0.667. The number of aliphatic carboxylic acids is 1. The molecule has 2 amide bonds. The highest BCUT2D eigenvalue weighted by Gasteiger charge is 2.07. The summed E-state index contributed by atoms with van der Waals surface area (Å²) >= 11 is 0. The van der Waals surface area contributed by atoms with Gasteiger partial charge in [-0.3, -0.25) is 4.79 Å². The van der Waals surface area contributed by atoms with Crippen LogP contribution in [-0.2, 0) is 11.3 Å². The largest absolute Gasteiger partial charge is 0.481 e. The SMILES string of the molecule is Cc1nc(CNC(=O)NCCC(C)CCC(=O)O)no1. The average Bonchev–Trinajstić information content (AvgIpc) is 2.80. The van der Waals surface area contributed by atoms with E-state index < -0.39 is 5.97 Å². The average molecular weight is 284 g/mol. The molecular weight excluding hydrogens is 264 g/mol. The maximum absolute atomic E-state index is 11.5. The highest BCUT2D eigenvalue weighted by atomic mass is 16.5. The Hall–Kier alpha value is -2.12. The molecule has 1 heterocycles. The number of rotatable bonds is 8. The molecule has 0 aromatic carbocycles. The Labute approximate surface area is 116 Å². The maximum Gasteiger partial charge on any atom is 0.315 e. The van der Waals surface area contributed by atoms with Gasteiger partial charge >= 0.3 is 12.0 Å². The number of carbonyl (C=O) groups is 2. The maximum atomic E-state index is 11.5. The summed E-state index contributed by atoms with van der Waals surface area (Å²) in [5.41, 5.74) is 0. The summed E-state index contributed by atoms with van der Waals surface area (Å²) in [4.78, 5) is 25.8. The van der Waals surface area contributed by atoms with E-state index in [1.54, 1.807) is 6.92 Å². The number of amides is 2. The lowest BCUT2D eigenvalue weighted by Gasteiger charge is -2.11. The zero-order valence-corrected chi connectivity index (χ0v) is 11.7. The van der Waals surface area contributed by atoms with Crippen molar-refractivity contribution >= 4 is 12.0 Å². The molecule has 8 nitrogen and oxygen atoms in total. The van der Waals surface area contributed by atoms with Crippen LogP contribution in [0.2, 0.25) is 0 Å². The van der Waals surface area contributed by atoms with E-state index in [9.17, 15) is 9.59 Å². The van der Waals surface area contributed by atoms with Crippen LogP contribution in [-0.4, -0.2) is 33.8 Å². The van der Waals surface area contributed by atoms with E-state index >= 15 is 0 Å². The van der Waals surface area contributed by atoms with Gasteiger partial charge in [-0.25, -0.2) is 4.79 Å². The van der Waals surface area contributed by atoms with E-state index in [0.717, 1.165) is 6.42 Å². The fourth-order valence-corrected chi connectivity index (χ4v) is 1.58. The number of urea groups is 1. The van der Waals surface area contributed by atoms with E-state index in [1.165, 1.54) is 0 Å². The number of aromatic nitrogens is 2. The van der Waals surface area contributed by atoms with E-state index in [-0.39, 0.29) is 24.9 Å². The Morgan fingerprint density at radius 3 is 2.70 bits per heavy atom. The van der Waals surface area contributed by atoms with Crippen LogP contribution in [0.15, 0.2) is 4.52 Å². The first-order valence-electron chi connectivity index (χ1n) is 6.50. The third-order valence-electron chi connectivity index (χ3n) is 2.75. The molecule has 1 aromatic heterocycles. The third-order valence-corrected chi connectivity index (χ3v) is 2.75. The molecular formula is C12H20N4O4. The molecule has 8 heteroatoms. The molecule has 0 aliphatic carbocycles. The van der Waals surface area contributed by atoms with Crippen LogP contribution in [0.3, 0.4) is 0 Å². The van der Waals surface area contributed by atoms with Gasteiger partial charge in [0.05, 0.1) is 6.54 Å². The van der Waals surface area contributed by atoms with Gasteiger partial charge in [0.2, 0.25) is 5.89 Å². The lowest BCUT2D eigenvalue weighted by Crippen LogP contribution is -2.36. The Morgan fingerprint density at radius 2 is 2.10 bits per heavy atom. The van der Waals surface area contributed by atoms with E-state index in [2.05, 4.69) is 20.8 Å². The molecule has 0 saturated heterocycles. The molecule has 0 fully saturated rings. The summed E-state index contributed by atoms with van der Waals surface area (Å²) in [5, 5.41) is 17.5. The second-order valence-corrected chi connectivity index (χ2v) is 4.67. The summed E-state index contributed by atoms with van der Waals surface area (Å²) in [7, 11) is 0. The minimum absolute atomic E-state index is 0.157. The molecule has 0 saturated carbocycles. The quantitative estimate of drug-likeness (QED) is 0.657. The number of nitrogens with zero attached hydrogens (tertiary/aromatic N) is 2. The number of carboxylic acid groups (broad SMARTS) is 1. The predicted molar refractivity (Wildman–Crippen MR) is 69.9 cm³/mol. The van der Waals surface area contributed by atoms with Gasteiger partial charge in [-0.1, -0.05) is 12.1 Å². The number of hydrogen-bond donors (Lipinski definition) is 3. The third kappa shape index (κ3) is 6.72. The Bertz CT molecular complexity index is 446. The summed E-state index contributed by atoms with van der Waals surface area (Å²) in [6.45, 7) is 4.34.